The summed E-state index contributed by atoms with van der Waals surface area (Å²) in [5.74, 6) is 0.717. The van der Waals surface area contributed by atoms with Crippen molar-refractivity contribution in [3.05, 3.63) is 36.2 Å². The Balaban J connectivity index is 2.54. The molecular formula is C13H11N3OS. The van der Waals surface area contributed by atoms with Crippen LogP contribution < -0.4 is 4.74 Å². The van der Waals surface area contributed by atoms with Crippen molar-refractivity contribution in [2.45, 2.75) is 6.92 Å². The molecule has 0 unspecified atom stereocenters. The Morgan fingerprint density at radius 3 is 2.83 bits per heavy atom. The number of methoxy groups -OCH3 is 1. The molecule has 0 aliphatic heterocycles. The van der Waals surface area contributed by atoms with Crippen molar-refractivity contribution in [2.75, 3.05) is 7.11 Å². The summed E-state index contributed by atoms with van der Waals surface area (Å²) in [6, 6.07) is 7.53. The van der Waals surface area contributed by atoms with Gasteiger partial charge in [-0.2, -0.15) is 15.2 Å². The van der Waals surface area contributed by atoms with Gasteiger partial charge in [0, 0.05) is 17.2 Å². The van der Waals surface area contributed by atoms with Crippen LogP contribution in [0.25, 0.3) is 11.1 Å². The zero-order valence-electron chi connectivity index (χ0n) is 10.0. The molecule has 0 fully saturated rings. The minimum Gasteiger partial charge on any atom is -0.496 e. The van der Waals surface area contributed by atoms with Gasteiger partial charge in [0.1, 0.15) is 5.75 Å². The van der Waals surface area contributed by atoms with Crippen LogP contribution in [0.5, 0.6) is 5.75 Å². The summed E-state index contributed by atoms with van der Waals surface area (Å²) in [4.78, 5) is 3.92. The smallest absolute Gasteiger partial charge is 0.128 e. The van der Waals surface area contributed by atoms with E-state index in [2.05, 4.69) is 32.6 Å². The largest absolute Gasteiger partial charge is 0.496 e. The molecule has 5 heteroatoms. The first kappa shape index (κ1) is 12.4. The van der Waals surface area contributed by atoms with Gasteiger partial charge < -0.3 is 4.74 Å². The first-order valence-electron chi connectivity index (χ1n) is 5.30. The normalized spacial score (nSPS) is 9.67. The number of aromatic nitrogens is 2. The molecule has 18 heavy (non-hydrogen) atoms. The zero-order chi connectivity index (χ0) is 13.0. The fourth-order valence-corrected chi connectivity index (χ4v) is 1.77. The fraction of sp³-hybridized carbons (Fsp3) is 0.154. The quantitative estimate of drug-likeness (QED) is 0.626. The predicted octanol–water partition coefficient (Wildman–Crippen LogP) is 3.19. The maximum Gasteiger partial charge on any atom is 0.128 e. The molecule has 0 saturated heterocycles. The molecule has 0 spiro atoms. The zero-order valence-corrected chi connectivity index (χ0v) is 10.9. The molecule has 0 aliphatic rings. The summed E-state index contributed by atoms with van der Waals surface area (Å²) in [6.07, 6.45) is 1.70. The Hall–Kier alpha value is -2.10. The van der Waals surface area contributed by atoms with Crippen LogP contribution in [-0.2, 0) is 0 Å². The van der Waals surface area contributed by atoms with Crippen molar-refractivity contribution in [1.29, 1.82) is 0 Å². The average Bonchev–Trinajstić information content (AvgIpc) is 2.39. The Kier molecular flexibility index (Phi) is 3.77. The number of thiocarbonyl (C=S) groups is 1. The highest BCUT2D eigenvalue weighted by Gasteiger charge is 2.07. The molecule has 90 valence electrons. The molecule has 1 aromatic heterocycles. The number of aliphatic imine (C=N–C) groups is 1. The molecule has 4 nitrogen and oxygen atoms in total. The van der Waals surface area contributed by atoms with Gasteiger partial charge in [0.05, 0.1) is 29.8 Å². The first-order valence-corrected chi connectivity index (χ1v) is 5.71. The molecule has 2 aromatic rings. The number of rotatable bonds is 3. The SMILES string of the molecule is COc1cc(N=C=S)ccc1-c1cnnc(C)c1. The Morgan fingerprint density at radius 1 is 1.33 bits per heavy atom. The molecule has 2 rings (SSSR count). The van der Waals surface area contributed by atoms with Crippen LogP contribution in [0, 0.1) is 6.92 Å². The Labute approximate surface area is 110 Å². The van der Waals surface area contributed by atoms with Gasteiger partial charge in [-0.3, -0.25) is 0 Å². The van der Waals surface area contributed by atoms with E-state index in [1.807, 2.05) is 31.2 Å². The number of aryl methyl sites for hydroxylation is 1. The Bertz CT molecular complexity index is 621. The third-order valence-electron chi connectivity index (χ3n) is 2.45. The van der Waals surface area contributed by atoms with E-state index in [1.165, 1.54) is 0 Å². The molecule has 0 bridgehead atoms. The number of hydrogen-bond donors (Lipinski definition) is 0. The van der Waals surface area contributed by atoms with E-state index in [4.69, 9.17) is 4.74 Å². The lowest BCUT2D eigenvalue weighted by atomic mass is 10.1. The molecule has 0 aliphatic carbocycles. The number of isothiocyanates is 1. The molecule has 1 heterocycles. The topological polar surface area (TPSA) is 47.4 Å². The highest BCUT2D eigenvalue weighted by Crippen LogP contribution is 2.32. The fourth-order valence-electron chi connectivity index (χ4n) is 1.66. The van der Waals surface area contributed by atoms with Gasteiger partial charge in [0.15, 0.2) is 0 Å². The minimum absolute atomic E-state index is 0.712. The minimum atomic E-state index is 0.712. The van der Waals surface area contributed by atoms with Crippen molar-refractivity contribution in [3.63, 3.8) is 0 Å². The van der Waals surface area contributed by atoms with Crippen LogP contribution in [0.1, 0.15) is 5.69 Å². The van der Waals surface area contributed by atoms with Crippen molar-refractivity contribution in [3.8, 4) is 16.9 Å². The lowest BCUT2D eigenvalue weighted by Crippen LogP contribution is -1.91. The molecular weight excluding hydrogens is 246 g/mol. The predicted molar refractivity (Wildman–Crippen MR) is 73.4 cm³/mol. The molecule has 0 amide bonds. The highest BCUT2D eigenvalue weighted by molar-refractivity contribution is 7.78. The average molecular weight is 257 g/mol. The summed E-state index contributed by atoms with van der Waals surface area (Å²) in [6.45, 7) is 1.90. The van der Waals surface area contributed by atoms with Gasteiger partial charge in [-0.15, -0.1) is 0 Å². The standard InChI is InChI=1S/C13H11N3OS/c1-9-5-10(7-15-16-9)12-4-3-11(14-8-18)6-13(12)17-2/h3-7H,1-2H3. The number of benzene rings is 1. The maximum absolute atomic E-state index is 5.36. The van der Waals surface area contributed by atoms with Gasteiger partial charge in [-0.05, 0) is 37.3 Å². The van der Waals surface area contributed by atoms with Crippen LogP contribution in [-0.4, -0.2) is 22.5 Å². The summed E-state index contributed by atoms with van der Waals surface area (Å²) in [5, 5.41) is 10.2. The van der Waals surface area contributed by atoms with Crippen LogP contribution in [0.2, 0.25) is 0 Å². The van der Waals surface area contributed by atoms with Gasteiger partial charge >= 0.3 is 0 Å². The molecule has 0 N–H and O–H groups in total. The van der Waals surface area contributed by atoms with Gasteiger partial charge in [-0.25, -0.2) is 0 Å². The van der Waals surface area contributed by atoms with Crippen molar-refractivity contribution < 1.29 is 4.74 Å². The third-order valence-corrected chi connectivity index (χ3v) is 2.54. The molecule has 0 atom stereocenters. The molecule has 0 saturated carbocycles. The van der Waals surface area contributed by atoms with E-state index in [0.29, 0.717) is 11.4 Å². The monoisotopic (exact) mass is 257 g/mol. The lowest BCUT2D eigenvalue weighted by molar-refractivity contribution is 0.416. The second kappa shape index (κ2) is 5.49. The summed E-state index contributed by atoms with van der Waals surface area (Å²) in [7, 11) is 1.62. The first-order chi connectivity index (χ1) is 8.74. The van der Waals surface area contributed by atoms with Gasteiger partial charge in [-0.1, -0.05) is 0 Å². The van der Waals surface area contributed by atoms with E-state index < -0.39 is 0 Å². The second-order valence-electron chi connectivity index (χ2n) is 3.67. The number of ether oxygens (including phenoxy) is 1. The lowest BCUT2D eigenvalue weighted by Gasteiger charge is -2.09. The van der Waals surface area contributed by atoms with Crippen molar-refractivity contribution >= 4 is 23.1 Å². The Morgan fingerprint density at radius 2 is 2.17 bits per heavy atom. The summed E-state index contributed by atoms with van der Waals surface area (Å²) in [5.41, 5.74) is 3.47. The second-order valence-corrected chi connectivity index (χ2v) is 3.86. The van der Waals surface area contributed by atoms with Crippen LogP contribution in [0.4, 0.5) is 5.69 Å². The third kappa shape index (κ3) is 2.59. The molecule has 1 aromatic carbocycles. The van der Waals surface area contributed by atoms with Crippen LogP contribution in [0.3, 0.4) is 0 Å². The van der Waals surface area contributed by atoms with Crippen molar-refractivity contribution in [2.24, 2.45) is 4.99 Å². The van der Waals surface area contributed by atoms with E-state index in [0.717, 1.165) is 16.8 Å². The van der Waals surface area contributed by atoms with E-state index in [-0.39, 0.29) is 0 Å². The highest BCUT2D eigenvalue weighted by atomic mass is 32.1. The number of hydrogen-bond acceptors (Lipinski definition) is 5. The van der Waals surface area contributed by atoms with E-state index >= 15 is 0 Å². The van der Waals surface area contributed by atoms with Gasteiger partial charge in [0.25, 0.3) is 0 Å². The summed E-state index contributed by atoms with van der Waals surface area (Å²) < 4.78 is 5.36. The summed E-state index contributed by atoms with van der Waals surface area (Å²) >= 11 is 4.58. The van der Waals surface area contributed by atoms with E-state index in [9.17, 15) is 0 Å². The van der Waals surface area contributed by atoms with Crippen LogP contribution in [0.15, 0.2) is 35.5 Å². The number of nitrogens with zero attached hydrogens (tertiary/aromatic N) is 3. The maximum atomic E-state index is 5.36. The molecule has 0 radical (unpaired) electrons. The van der Waals surface area contributed by atoms with Gasteiger partial charge in [0.2, 0.25) is 0 Å². The van der Waals surface area contributed by atoms with E-state index in [1.54, 1.807) is 13.3 Å². The van der Waals surface area contributed by atoms with Crippen molar-refractivity contribution in [1.82, 2.24) is 10.2 Å². The van der Waals surface area contributed by atoms with Crippen LogP contribution >= 0.6 is 12.2 Å².